The molecule has 7 nitrogen and oxygen atoms in total. The zero-order chi connectivity index (χ0) is 17.1. The fourth-order valence-electron chi connectivity index (χ4n) is 3.25. The highest BCUT2D eigenvalue weighted by atomic mass is 15.3. The van der Waals surface area contributed by atoms with Gasteiger partial charge in [-0.25, -0.2) is 4.98 Å². The van der Waals surface area contributed by atoms with Crippen molar-refractivity contribution in [3.63, 3.8) is 0 Å². The zero-order valence-corrected chi connectivity index (χ0v) is 13.9. The highest BCUT2D eigenvalue weighted by molar-refractivity contribution is 5.63. The molecule has 126 valence electrons. The van der Waals surface area contributed by atoms with Gasteiger partial charge >= 0.3 is 0 Å². The third-order valence-electron chi connectivity index (χ3n) is 4.57. The van der Waals surface area contributed by atoms with E-state index in [-0.39, 0.29) is 0 Å². The van der Waals surface area contributed by atoms with Gasteiger partial charge in [0.05, 0.1) is 11.6 Å². The van der Waals surface area contributed by atoms with Crippen LogP contribution in [0, 0.1) is 11.3 Å². The molecule has 0 unspecified atom stereocenters. The molecule has 7 heteroatoms. The average Bonchev–Trinajstić information content (AvgIpc) is 3.02. The normalized spacial score (nSPS) is 15.9. The van der Waals surface area contributed by atoms with Gasteiger partial charge in [-0.3, -0.25) is 9.30 Å². The second-order valence-corrected chi connectivity index (χ2v) is 6.24. The first kappa shape index (κ1) is 15.5. The van der Waals surface area contributed by atoms with Crippen molar-refractivity contribution in [2.24, 2.45) is 0 Å². The Morgan fingerprint density at radius 3 is 2.80 bits per heavy atom. The molecule has 1 aliphatic rings. The smallest absolute Gasteiger partial charge is 0.203 e. The lowest BCUT2D eigenvalue weighted by Crippen LogP contribution is -2.31. The maximum absolute atomic E-state index is 8.90. The molecule has 25 heavy (non-hydrogen) atoms. The summed E-state index contributed by atoms with van der Waals surface area (Å²) < 4.78 is 1.90. The van der Waals surface area contributed by atoms with Crippen molar-refractivity contribution in [1.29, 1.82) is 5.26 Å². The molecule has 0 atom stereocenters. The van der Waals surface area contributed by atoms with E-state index >= 15 is 0 Å². The minimum Gasteiger partial charge on any atom is -0.352 e. The van der Waals surface area contributed by atoms with Gasteiger partial charge in [-0.2, -0.15) is 5.26 Å². The fourth-order valence-corrected chi connectivity index (χ4v) is 3.25. The van der Waals surface area contributed by atoms with Gasteiger partial charge in [0.2, 0.25) is 5.65 Å². The standard InChI is InChI=1S/C18H19N7/c19-12-15-2-4-16(5-3-15)13-23-7-1-8-24(11-10-23)17-18-22-21-14-25(18)9-6-20-17/h2-6,9,14H,1,7-8,10-11,13H2. The molecule has 0 N–H and O–H groups in total. The largest absolute Gasteiger partial charge is 0.352 e. The molecule has 0 bridgehead atoms. The number of aromatic nitrogens is 4. The molecule has 0 spiro atoms. The molecule has 0 saturated carbocycles. The molecular formula is C18H19N7. The Kier molecular flexibility index (Phi) is 4.27. The van der Waals surface area contributed by atoms with Gasteiger partial charge in [0.1, 0.15) is 6.33 Å². The first-order chi connectivity index (χ1) is 12.3. The molecule has 0 amide bonds. The lowest BCUT2D eigenvalue weighted by molar-refractivity contribution is 0.285. The second kappa shape index (κ2) is 6.87. The first-order valence-electron chi connectivity index (χ1n) is 8.44. The molecule has 0 radical (unpaired) electrons. The number of hydrogen-bond donors (Lipinski definition) is 0. The summed E-state index contributed by atoms with van der Waals surface area (Å²) in [4.78, 5) is 9.27. The van der Waals surface area contributed by atoms with E-state index in [4.69, 9.17) is 5.26 Å². The molecule has 1 fully saturated rings. The van der Waals surface area contributed by atoms with E-state index in [1.807, 2.05) is 34.9 Å². The van der Waals surface area contributed by atoms with Crippen molar-refractivity contribution < 1.29 is 0 Å². The predicted molar refractivity (Wildman–Crippen MR) is 94.0 cm³/mol. The van der Waals surface area contributed by atoms with Gasteiger partial charge in [0.15, 0.2) is 5.82 Å². The van der Waals surface area contributed by atoms with E-state index in [0.29, 0.717) is 5.56 Å². The Morgan fingerprint density at radius 1 is 1.08 bits per heavy atom. The number of nitrogens with zero attached hydrogens (tertiary/aromatic N) is 7. The van der Waals surface area contributed by atoms with Crippen molar-refractivity contribution in [2.75, 3.05) is 31.1 Å². The summed E-state index contributed by atoms with van der Waals surface area (Å²) in [6, 6.07) is 10.0. The van der Waals surface area contributed by atoms with Crippen LogP contribution in [0.3, 0.4) is 0 Å². The van der Waals surface area contributed by atoms with Crippen LogP contribution in [-0.4, -0.2) is 50.7 Å². The Balaban J connectivity index is 1.45. The van der Waals surface area contributed by atoms with Crippen LogP contribution in [-0.2, 0) is 6.54 Å². The number of fused-ring (bicyclic) bond motifs is 1. The summed E-state index contributed by atoms with van der Waals surface area (Å²) in [5.41, 5.74) is 2.76. The lowest BCUT2D eigenvalue weighted by atomic mass is 10.1. The number of nitriles is 1. The van der Waals surface area contributed by atoms with Crippen LogP contribution in [0.15, 0.2) is 43.0 Å². The summed E-state index contributed by atoms with van der Waals surface area (Å²) in [5, 5.41) is 17.1. The molecule has 0 aliphatic carbocycles. The van der Waals surface area contributed by atoms with Crippen LogP contribution < -0.4 is 4.90 Å². The van der Waals surface area contributed by atoms with E-state index in [1.165, 1.54) is 5.56 Å². The fraction of sp³-hybridized carbons (Fsp3) is 0.333. The van der Waals surface area contributed by atoms with Gasteiger partial charge in [0.25, 0.3) is 0 Å². The van der Waals surface area contributed by atoms with E-state index in [9.17, 15) is 0 Å². The number of benzene rings is 1. The quantitative estimate of drug-likeness (QED) is 0.726. The molecule has 3 aromatic rings. The predicted octanol–water partition coefficient (Wildman–Crippen LogP) is 1.71. The summed E-state index contributed by atoms with van der Waals surface area (Å²) >= 11 is 0. The Morgan fingerprint density at radius 2 is 1.96 bits per heavy atom. The van der Waals surface area contributed by atoms with Crippen molar-refractivity contribution >= 4 is 11.5 Å². The van der Waals surface area contributed by atoms with Crippen LogP contribution in [0.2, 0.25) is 0 Å². The van der Waals surface area contributed by atoms with Gasteiger partial charge in [-0.05, 0) is 24.1 Å². The van der Waals surface area contributed by atoms with E-state index < -0.39 is 0 Å². The molecule has 1 aromatic carbocycles. The van der Waals surface area contributed by atoms with Gasteiger partial charge in [0, 0.05) is 45.1 Å². The third kappa shape index (κ3) is 3.30. The summed E-state index contributed by atoms with van der Waals surface area (Å²) in [7, 11) is 0. The van der Waals surface area contributed by atoms with Crippen LogP contribution in [0.1, 0.15) is 17.5 Å². The summed E-state index contributed by atoms with van der Waals surface area (Å²) in [6.45, 7) is 4.80. The number of anilines is 1. The Hall–Kier alpha value is -2.98. The molecule has 2 aromatic heterocycles. The maximum Gasteiger partial charge on any atom is 0.203 e. The van der Waals surface area contributed by atoms with Crippen molar-refractivity contribution in [2.45, 2.75) is 13.0 Å². The van der Waals surface area contributed by atoms with Gasteiger partial charge < -0.3 is 4.90 Å². The van der Waals surface area contributed by atoms with Gasteiger partial charge in [-0.15, -0.1) is 10.2 Å². The molecule has 3 heterocycles. The van der Waals surface area contributed by atoms with Crippen LogP contribution in [0.5, 0.6) is 0 Å². The third-order valence-corrected chi connectivity index (χ3v) is 4.57. The minimum atomic E-state index is 0.707. The molecular weight excluding hydrogens is 314 g/mol. The Labute approximate surface area is 146 Å². The van der Waals surface area contributed by atoms with Gasteiger partial charge in [-0.1, -0.05) is 12.1 Å². The zero-order valence-electron chi connectivity index (χ0n) is 13.9. The number of rotatable bonds is 3. The highest BCUT2D eigenvalue weighted by Gasteiger charge is 2.19. The average molecular weight is 333 g/mol. The number of hydrogen-bond acceptors (Lipinski definition) is 6. The van der Waals surface area contributed by atoms with Crippen LogP contribution in [0.4, 0.5) is 5.82 Å². The lowest BCUT2D eigenvalue weighted by Gasteiger charge is -2.22. The minimum absolute atomic E-state index is 0.707. The first-order valence-corrected chi connectivity index (χ1v) is 8.44. The SMILES string of the molecule is N#Cc1ccc(CN2CCCN(c3nccn4cnnc34)CC2)cc1. The maximum atomic E-state index is 8.90. The van der Waals surface area contributed by atoms with Crippen molar-refractivity contribution in [1.82, 2.24) is 24.5 Å². The van der Waals surface area contributed by atoms with Crippen LogP contribution >= 0.6 is 0 Å². The monoisotopic (exact) mass is 333 g/mol. The van der Waals surface area contributed by atoms with E-state index in [0.717, 1.165) is 50.6 Å². The molecule has 1 aliphatic heterocycles. The molecule has 1 saturated heterocycles. The van der Waals surface area contributed by atoms with Crippen molar-refractivity contribution in [3.05, 3.63) is 54.1 Å². The topological polar surface area (TPSA) is 73.4 Å². The highest BCUT2D eigenvalue weighted by Crippen LogP contribution is 2.19. The van der Waals surface area contributed by atoms with E-state index in [2.05, 4.69) is 31.1 Å². The summed E-state index contributed by atoms with van der Waals surface area (Å²) in [5.74, 6) is 0.903. The van der Waals surface area contributed by atoms with E-state index in [1.54, 1.807) is 12.5 Å². The summed E-state index contributed by atoms with van der Waals surface area (Å²) in [6.07, 6.45) is 6.45. The van der Waals surface area contributed by atoms with Crippen molar-refractivity contribution in [3.8, 4) is 6.07 Å². The second-order valence-electron chi connectivity index (χ2n) is 6.24. The van der Waals surface area contributed by atoms with Crippen LogP contribution in [0.25, 0.3) is 5.65 Å². The molecule has 4 rings (SSSR count). The Bertz CT molecular complexity index is 894.